The van der Waals surface area contributed by atoms with Crippen LogP contribution >= 0.6 is 0 Å². The number of hydroxylamine groups is 2. The number of nitrogens with zero attached hydrogens (tertiary/aromatic N) is 2. The van der Waals surface area contributed by atoms with Crippen LogP contribution in [0.3, 0.4) is 0 Å². The van der Waals surface area contributed by atoms with Crippen LogP contribution in [0.2, 0.25) is 0 Å². The highest BCUT2D eigenvalue weighted by Crippen LogP contribution is 2.26. The van der Waals surface area contributed by atoms with Gasteiger partial charge in [0, 0.05) is 30.1 Å². The zero-order chi connectivity index (χ0) is 20.1. The lowest BCUT2D eigenvalue weighted by Gasteiger charge is -2.29. The third-order valence-electron chi connectivity index (χ3n) is 4.54. The highest BCUT2D eigenvalue weighted by molar-refractivity contribution is 5.94. The molecule has 2 aromatic rings. The van der Waals surface area contributed by atoms with E-state index in [9.17, 15) is 25.0 Å². The molecule has 2 amide bonds. The lowest BCUT2D eigenvalue weighted by Crippen LogP contribution is -2.54. The molecule has 28 heavy (non-hydrogen) atoms. The van der Waals surface area contributed by atoms with E-state index in [4.69, 9.17) is 4.74 Å². The summed E-state index contributed by atoms with van der Waals surface area (Å²) in [6.45, 7) is -0.900. The molecule has 4 N–H and O–H groups in total. The van der Waals surface area contributed by atoms with E-state index in [1.807, 2.05) is 0 Å². The van der Waals surface area contributed by atoms with Crippen molar-refractivity contribution in [3.63, 3.8) is 0 Å². The summed E-state index contributed by atoms with van der Waals surface area (Å²) in [5.74, 6) is -1.09. The minimum absolute atomic E-state index is 0.0529. The van der Waals surface area contributed by atoms with Crippen molar-refractivity contribution in [2.75, 3.05) is 19.7 Å². The summed E-state index contributed by atoms with van der Waals surface area (Å²) in [4.78, 5) is 28.1. The van der Waals surface area contributed by atoms with Crippen LogP contribution in [0.1, 0.15) is 20.7 Å². The van der Waals surface area contributed by atoms with Gasteiger partial charge in [-0.1, -0.05) is 18.2 Å². The Morgan fingerprint density at radius 3 is 2.54 bits per heavy atom. The zero-order valence-electron chi connectivity index (χ0n) is 14.9. The maximum atomic E-state index is 12.2. The van der Waals surface area contributed by atoms with Gasteiger partial charge in [0.2, 0.25) is 0 Å². The average molecular weight is 387 g/mol. The summed E-state index contributed by atoms with van der Waals surface area (Å²) in [6, 6.07) is 11.1. The summed E-state index contributed by atoms with van der Waals surface area (Å²) in [5, 5.41) is 34.0. The van der Waals surface area contributed by atoms with Crippen molar-refractivity contribution < 1.29 is 29.7 Å². The number of carbonyl (C=O) groups is 2. The van der Waals surface area contributed by atoms with Gasteiger partial charge in [-0.3, -0.25) is 19.8 Å². The van der Waals surface area contributed by atoms with E-state index in [2.05, 4.69) is 10.3 Å². The van der Waals surface area contributed by atoms with E-state index in [0.29, 0.717) is 10.6 Å². The van der Waals surface area contributed by atoms with Crippen molar-refractivity contribution in [1.82, 2.24) is 15.4 Å². The minimum atomic E-state index is -1.87. The Bertz CT molecular complexity index is 819. The van der Waals surface area contributed by atoms with Gasteiger partial charge in [0.15, 0.2) is 0 Å². The van der Waals surface area contributed by atoms with Gasteiger partial charge in [-0.05, 0) is 24.3 Å². The number of ether oxygens (including phenoxy) is 1. The van der Waals surface area contributed by atoms with Crippen molar-refractivity contribution in [2.24, 2.45) is 0 Å². The number of hydrogen-bond donors (Lipinski definition) is 4. The predicted octanol–water partition coefficient (Wildman–Crippen LogP) is -0.166. The van der Waals surface area contributed by atoms with Crippen LogP contribution in [-0.2, 0) is 4.74 Å². The van der Waals surface area contributed by atoms with Crippen molar-refractivity contribution in [1.29, 1.82) is 0 Å². The quantitative estimate of drug-likeness (QED) is 0.400. The van der Waals surface area contributed by atoms with E-state index >= 15 is 0 Å². The third kappa shape index (κ3) is 4.34. The van der Waals surface area contributed by atoms with Gasteiger partial charge in [-0.15, -0.1) is 0 Å². The van der Waals surface area contributed by atoms with Gasteiger partial charge >= 0.3 is 0 Å². The number of aliphatic hydroxyl groups is 2. The molecule has 1 fully saturated rings. The minimum Gasteiger partial charge on any atom is -0.387 e. The maximum absolute atomic E-state index is 12.2. The second kappa shape index (κ2) is 8.44. The second-order valence-electron chi connectivity index (χ2n) is 6.57. The number of rotatable bonds is 6. The van der Waals surface area contributed by atoms with Crippen molar-refractivity contribution in [3.8, 4) is 0 Å². The largest absolute Gasteiger partial charge is 0.387 e. The van der Waals surface area contributed by atoms with Crippen LogP contribution < -0.4 is 5.32 Å². The molecular weight excluding hydrogens is 366 g/mol. The van der Waals surface area contributed by atoms with Crippen molar-refractivity contribution >= 4 is 11.8 Å². The molecule has 9 heteroatoms. The molecule has 0 saturated carbocycles. The number of hydrogen-bond acceptors (Lipinski definition) is 7. The zero-order valence-corrected chi connectivity index (χ0v) is 14.9. The fourth-order valence-electron chi connectivity index (χ4n) is 2.94. The topological polar surface area (TPSA) is 132 Å². The van der Waals surface area contributed by atoms with Crippen LogP contribution in [0.4, 0.5) is 0 Å². The lowest BCUT2D eigenvalue weighted by molar-refractivity contribution is -0.133. The first kappa shape index (κ1) is 19.9. The van der Waals surface area contributed by atoms with Gasteiger partial charge in [0.05, 0.1) is 13.2 Å². The fourth-order valence-corrected chi connectivity index (χ4v) is 2.94. The average Bonchev–Trinajstić information content (AvgIpc) is 3.00. The number of carbonyl (C=O) groups excluding carboxylic acids is 2. The molecule has 0 spiro atoms. The number of pyridine rings is 1. The molecule has 1 aromatic heterocycles. The molecule has 148 valence electrons. The van der Waals surface area contributed by atoms with Crippen LogP contribution in [0.15, 0.2) is 54.9 Å². The Balaban J connectivity index is 1.56. The number of amides is 2. The highest BCUT2D eigenvalue weighted by atomic mass is 16.5. The van der Waals surface area contributed by atoms with Gasteiger partial charge in [-0.25, -0.2) is 5.06 Å². The number of benzene rings is 1. The molecule has 0 aliphatic carbocycles. The predicted molar refractivity (Wildman–Crippen MR) is 96.5 cm³/mol. The molecule has 1 aliphatic rings. The van der Waals surface area contributed by atoms with Crippen LogP contribution in [0, 0.1) is 0 Å². The Kier molecular flexibility index (Phi) is 6.00. The molecule has 9 nitrogen and oxygen atoms in total. The first-order valence-corrected chi connectivity index (χ1v) is 8.67. The Morgan fingerprint density at radius 2 is 1.86 bits per heavy atom. The van der Waals surface area contributed by atoms with E-state index in [1.54, 1.807) is 18.2 Å². The molecule has 3 atom stereocenters. The smallest absolute Gasteiger partial charge is 0.277 e. The molecule has 0 radical (unpaired) electrons. The van der Waals surface area contributed by atoms with Crippen molar-refractivity contribution in [3.05, 3.63) is 66.0 Å². The van der Waals surface area contributed by atoms with Gasteiger partial charge in [0.25, 0.3) is 11.8 Å². The normalized spacial score (nSPS) is 24.0. The molecular formula is C19H21N3O6. The monoisotopic (exact) mass is 387 g/mol. The summed E-state index contributed by atoms with van der Waals surface area (Å²) in [6.07, 6.45) is 0.655. The molecule has 2 heterocycles. The second-order valence-corrected chi connectivity index (χ2v) is 6.57. The van der Waals surface area contributed by atoms with Crippen LogP contribution in [-0.4, -0.2) is 74.8 Å². The van der Waals surface area contributed by atoms with E-state index < -0.39 is 30.3 Å². The maximum Gasteiger partial charge on any atom is 0.277 e. The molecule has 0 bridgehead atoms. The summed E-state index contributed by atoms with van der Waals surface area (Å²) < 4.78 is 5.38. The molecule has 1 saturated heterocycles. The van der Waals surface area contributed by atoms with Gasteiger partial charge in [-0.2, -0.15) is 0 Å². The van der Waals surface area contributed by atoms with E-state index in [1.165, 1.54) is 36.7 Å². The fraction of sp³-hybridized carbons (Fsp3) is 0.316. The Morgan fingerprint density at radius 1 is 1.18 bits per heavy atom. The number of nitrogens with one attached hydrogen (secondary N) is 1. The Hall–Kier alpha value is -2.85. The summed E-state index contributed by atoms with van der Waals surface area (Å²) in [7, 11) is 0. The first-order valence-electron chi connectivity index (χ1n) is 8.67. The lowest BCUT2D eigenvalue weighted by atomic mass is 9.96. The van der Waals surface area contributed by atoms with E-state index in [-0.39, 0.29) is 24.6 Å². The summed E-state index contributed by atoms with van der Waals surface area (Å²) in [5.41, 5.74) is -1.23. The Labute approximate surface area is 161 Å². The van der Waals surface area contributed by atoms with Crippen molar-refractivity contribution in [2.45, 2.75) is 17.8 Å². The first-order chi connectivity index (χ1) is 13.4. The molecule has 1 aliphatic heterocycles. The van der Waals surface area contributed by atoms with Gasteiger partial charge < -0.3 is 20.3 Å². The molecule has 3 rings (SSSR count). The highest BCUT2D eigenvalue weighted by Gasteiger charge is 2.49. The third-order valence-corrected chi connectivity index (χ3v) is 4.54. The standard InChI is InChI=1S/C19H21N3O6/c23-16-15(10-21-17(24)13-6-8-20-9-7-13)28-12-19(16,26)11-22(27)18(25)14-4-2-1-3-5-14/h1-9,15-16,23,26-27H,10-12H2,(H,21,24)/t15-,16-,19+/m1/s1. The van der Waals surface area contributed by atoms with Gasteiger partial charge in [0.1, 0.15) is 17.8 Å². The number of aromatic nitrogens is 1. The number of aliphatic hydroxyl groups excluding tert-OH is 1. The van der Waals surface area contributed by atoms with Crippen LogP contribution in [0.5, 0.6) is 0 Å². The molecule has 1 aromatic carbocycles. The SMILES string of the molecule is O=C(NC[C@H]1OC[C@@](O)(CN(O)C(=O)c2ccccc2)[C@@H]1O)c1ccncc1. The van der Waals surface area contributed by atoms with E-state index in [0.717, 1.165) is 0 Å². The van der Waals surface area contributed by atoms with Crippen LogP contribution in [0.25, 0.3) is 0 Å². The molecule has 0 unspecified atom stereocenters. The summed E-state index contributed by atoms with van der Waals surface area (Å²) >= 11 is 0.